The number of nitrogens with one attached hydrogen (secondary N) is 2. The molecule has 10 nitrogen and oxygen atoms in total. The number of amides is 2. The number of carboxylic acid groups (broad SMARTS) is 1. The molecule has 1 saturated heterocycles. The van der Waals surface area contributed by atoms with E-state index in [1.54, 1.807) is 5.38 Å². The first kappa shape index (κ1) is 28.2. The number of ether oxygens (including phenoxy) is 1. The molecular formula is C23H23N4NaO6S2. The van der Waals surface area contributed by atoms with Crippen LogP contribution in [-0.4, -0.2) is 57.4 Å². The Labute approximate surface area is 238 Å². The number of fused-ring (bicyclic) bond motifs is 1. The van der Waals surface area contributed by atoms with Gasteiger partial charge in [0.15, 0.2) is 5.13 Å². The summed E-state index contributed by atoms with van der Waals surface area (Å²) in [6.07, 6.45) is -0.0208. The number of nitrogens with zero attached hydrogens (tertiary/aromatic N) is 2. The van der Waals surface area contributed by atoms with Gasteiger partial charge in [0, 0.05) is 29.3 Å². The van der Waals surface area contributed by atoms with E-state index in [0.29, 0.717) is 10.8 Å². The summed E-state index contributed by atoms with van der Waals surface area (Å²) in [5.41, 5.74) is 3.67. The summed E-state index contributed by atoms with van der Waals surface area (Å²) < 4.78 is 4.89. The maximum absolute atomic E-state index is 12.7. The molecule has 0 spiro atoms. The van der Waals surface area contributed by atoms with Crippen LogP contribution in [0.1, 0.15) is 23.7 Å². The summed E-state index contributed by atoms with van der Waals surface area (Å²) in [5, 5.41) is 19.5. The Morgan fingerprint density at radius 2 is 1.94 bits per heavy atom. The number of anilines is 2. The summed E-state index contributed by atoms with van der Waals surface area (Å²) in [6, 6.07) is 5.12. The fraction of sp³-hybridized carbons (Fsp3) is 0.348. The van der Waals surface area contributed by atoms with Crippen LogP contribution in [0.3, 0.4) is 0 Å². The molecule has 1 aromatic carbocycles. The van der Waals surface area contributed by atoms with Crippen molar-refractivity contribution in [2.45, 2.75) is 38.6 Å². The van der Waals surface area contributed by atoms with Crippen molar-refractivity contribution in [3.05, 3.63) is 51.7 Å². The van der Waals surface area contributed by atoms with Crippen molar-refractivity contribution < 1.29 is 58.6 Å². The Hall–Kier alpha value is -2.38. The number of hydrogen-bond acceptors (Lipinski definition) is 10. The molecule has 0 aliphatic carbocycles. The van der Waals surface area contributed by atoms with Gasteiger partial charge in [0.25, 0.3) is 5.91 Å². The second-order valence-corrected chi connectivity index (χ2v) is 10.2. The average molecular weight is 539 g/mol. The van der Waals surface area contributed by atoms with Crippen LogP contribution < -0.4 is 45.3 Å². The van der Waals surface area contributed by atoms with Crippen molar-refractivity contribution in [3.63, 3.8) is 0 Å². The average Bonchev–Trinajstić information content (AvgIpc) is 3.24. The molecule has 1 unspecified atom stereocenters. The van der Waals surface area contributed by atoms with Crippen LogP contribution in [0.2, 0.25) is 0 Å². The van der Waals surface area contributed by atoms with Crippen molar-refractivity contribution in [2.24, 2.45) is 0 Å². The normalized spacial score (nSPS) is 18.5. The SMILES string of the molecule is CC(=O)OCC1=C(C(=O)[O-])N2C(=O)C(NC(=O)Cc3csc(Nc4c(C)cccc4C)n3)[C@@H]2SC1.[Na+]. The molecule has 1 aromatic heterocycles. The maximum Gasteiger partial charge on any atom is 1.00 e. The van der Waals surface area contributed by atoms with Gasteiger partial charge in [0.2, 0.25) is 5.91 Å². The monoisotopic (exact) mass is 538 g/mol. The molecule has 2 aliphatic rings. The molecule has 2 amide bonds. The van der Waals surface area contributed by atoms with Crippen LogP contribution in [0.5, 0.6) is 0 Å². The summed E-state index contributed by atoms with van der Waals surface area (Å²) in [7, 11) is 0. The molecule has 2 N–H and O–H groups in total. The van der Waals surface area contributed by atoms with Gasteiger partial charge in [-0.1, -0.05) is 18.2 Å². The van der Waals surface area contributed by atoms with E-state index in [0.717, 1.165) is 21.7 Å². The minimum absolute atomic E-state index is 0. The van der Waals surface area contributed by atoms with Gasteiger partial charge in [0.05, 0.1) is 23.8 Å². The van der Waals surface area contributed by atoms with Crippen LogP contribution in [0, 0.1) is 13.8 Å². The van der Waals surface area contributed by atoms with Crippen molar-refractivity contribution in [1.29, 1.82) is 0 Å². The summed E-state index contributed by atoms with van der Waals surface area (Å²) >= 11 is 2.66. The first-order valence-corrected chi connectivity index (χ1v) is 12.7. The van der Waals surface area contributed by atoms with Gasteiger partial charge in [-0.05, 0) is 25.0 Å². The van der Waals surface area contributed by atoms with E-state index < -0.39 is 35.2 Å². The van der Waals surface area contributed by atoms with E-state index in [1.165, 1.54) is 30.0 Å². The van der Waals surface area contributed by atoms with Gasteiger partial charge in [-0.15, -0.1) is 23.1 Å². The molecule has 0 bridgehead atoms. The molecule has 184 valence electrons. The number of aliphatic carboxylic acids is 1. The molecule has 13 heteroatoms. The second-order valence-electron chi connectivity index (χ2n) is 8.19. The van der Waals surface area contributed by atoms with Gasteiger partial charge < -0.3 is 25.3 Å². The molecule has 1 fully saturated rings. The van der Waals surface area contributed by atoms with Crippen LogP contribution in [0.15, 0.2) is 34.8 Å². The predicted molar refractivity (Wildman–Crippen MR) is 129 cm³/mol. The summed E-state index contributed by atoms with van der Waals surface area (Å²) in [5.74, 6) is -2.79. The molecule has 4 rings (SSSR count). The maximum atomic E-state index is 12.7. The standard InChI is InChI=1S/C23H24N4O6S2.Na/c1-11-5-4-6-12(2)17(11)26-23-24-15(10-35-23)7-16(29)25-18-20(30)27-19(22(31)32)14(8-33-13(3)28)9-34-21(18)27;/h4-6,10,18,21H,7-9H2,1-3H3,(H,24,26)(H,25,29)(H,31,32);/q;+1/p-1/t18?,21-;/m0./s1. The number of carbonyl (C=O) groups is 4. The zero-order valence-corrected chi connectivity index (χ0v) is 23.9. The van der Waals surface area contributed by atoms with Crippen molar-refractivity contribution in [3.8, 4) is 0 Å². The van der Waals surface area contributed by atoms with Gasteiger partial charge in [0.1, 0.15) is 18.0 Å². The van der Waals surface area contributed by atoms with Gasteiger partial charge in [-0.3, -0.25) is 19.3 Å². The summed E-state index contributed by atoms with van der Waals surface area (Å²) in [4.78, 5) is 53.6. The molecule has 0 saturated carbocycles. The number of thiazole rings is 1. The Morgan fingerprint density at radius 3 is 2.58 bits per heavy atom. The predicted octanol–water partition coefficient (Wildman–Crippen LogP) is -1.98. The number of carboxylic acids is 1. The van der Waals surface area contributed by atoms with E-state index in [1.807, 2.05) is 32.0 Å². The molecule has 2 aromatic rings. The third-order valence-corrected chi connectivity index (χ3v) is 7.76. The van der Waals surface area contributed by atoms with E-state index in [-0.39, 0.29) is 59.6 Å². The topological polar surface area (TPSA) is 141 Å². The van der Waals surface area contributed by atoms with Crippen molar-refractivity contribution >= 4 is 57.7 Å². The first-order valence-electron chi connectivity index (χ1n) is 10.7. The number of aromatic nitrogens is 1. The minimum atomic E-state index is -1.53. The number of carbonyl (C=O) groups excluding carboxylic acids is 4. The molecule has 2 atom stereocenters. The fourth-order valence-electron chi connectivity index (χ4n) is 3.92. The third kappa shape index (κ3) is 5.94. The van der Waals surface area contributed by atoms with E-state index in [4.69, 9.17) is 4.74 Å². The van der Waals surface area contributed by atoms with Gasteiger partial charge >= 0.3 is 35.5 Å². The number of rotatable bonds is 8. The number of benzene rings is 1. The smallest absolute Gasteiger partial charge is 0.543 e. The molecule has 0 radical (unpaired) electrons. The van der Waals surface area contributed by atoms with E-state index in [9.17, 15) is 24.3 Å². The third-order valence-electron chi connectivity index (χ3n) is 5.61. The Kier molecular flexibility index (Phi) is 9.23. The first-order chi connectivity index (χ1) is 16.7. The van der Waals surface area contributed by atoms with Crippen LogP contribution in [-0.2, 0) is 30.3 Å². The number of hydrogen-bond donors (Lipinski definition) is 2. The number of aryl methyl sites for hydroxylation is 2. The molecule has 3 heterocycles. The summed E-state index contributed by atoms with van der Waals surface area (Å²) in [6.45, 7) is 4.98. The zero-order valence-electron chi connectivity index (χ0n) is 20.2. The van der Waals surface area contributed by atoms with Gasteiger partial charge in [-0.2, -0.15) is 0 Å². The zero-order chi connectivity index (χ0) is 25.3. The van der Waals surface area contributed by atoms with E-state index in [2.05, 4.69) is 15.6 Å². The molecular weight excluding hydrogens is 515 g/mol. The largest absolute Gasteiger partial charge is 1.00 e. The molecule has 2 aliphatic heterocycles. The van der Waals surface area contributed by atoms with Crippen molar-refractivity contribution in [1.82, 2.24) is 15.2 Å². The Bertz CT molecular complexity index is 1230. The minimum Gasteiger partial charge on any atom is -0.543 e. The van der Waals surface area contributed by atoms with E-state index >= 15 is 0 Å². The van der Waals surface area contributed by atoms with Crippen LogP contribution in [0.25, 0.3) is 0 Å². The quantitative estimate of drug-likeness (QED) is 0.222. The Balaban J connectivity index is 0.00000361. The van der Waals surface area contributed by atoms with Crippen LogP contribution >= 0.6 is 23.1 Å². The number of esters is 1. The molecule has 36 heavy (non-hydrogen) atoms. The number of β-lactam (4-membered cyclic amide) rings is 1. The fourth-order valence-corrected chi connectivity index (χ4v) is 5.97. The van der Waals surface area contributed by atoms with Crippen molar-refractivity contribution in [2.75, 3.05) is 17.7 Å². The number of thioether (sulfide) groups is 1. The van der Waals surface area contributed by atoms with Crippen LogP contribution in [0.4, 0.5) is 10.8 Å². The Morgan fingerprint density at radius 1 is 1.25 bits per heavy atom. The second kappa shape index (κ2) is 11.8. The number of para-hydroxylation sites is 1. The van der Waals surface area contributed by atoms with Gasteiger partial charge in [-0.25, -0.2) is 4.98 Å².